The predicted molar refractivity (Wildman–Crippen MR) is 72.7 cm³/mol. The Balaban J connectivity index is 2.00. The van der Waals surface area contributed by atoms with E-state index in [2.05, 4.69) is 24.3 Å². The first-order valence-electron chi connectivity index (χ1n) is 6.63. The van der Waals surface area contributed by atoms with Crippen molar-refractivity contribution in [3.63, 3.8) is 0 Å². The van der Waals surface area contributed by atoms with Gasteiger partial charge in [0.15, 0.2) is 0 Å². The van der Waals surface area contributed by atoms with Crippen LogP contribution < -0.4 is 11.3 Å². The van der Waals surface area contributed by atoms with Gasteiger partial charge >= 0.3 is 0 Å². The second-order valence-corrected chi connectivity index (χ2v) is 6.38. The molecule has 1 unspecified atom stereocenters. The average Bonchev–Trinajstić information content (AvgIpc) is 2.78. The summed E-state index contributed by atoms with van der Waals surface area (Å²) in [4.78, 5) is 5.63. The summed E-state index contributed by atoms with van der Waals surface area (Å²) >= 11 is 1.77. The normalized spacial score (nSPS) is 27.0. The van der Waals surface area contributed by atoms with Crippen molar-refractivity contribution in [2.45, 2.75) is 52.0 Å². The molecule has 0 amide bonds. The second-order valence-electron chi connectivity index (χ2n) is 5.12. The highest BCUT2D eigenvalue weighted by molar-refractivity contribution is 7.11. The fraction of sp³-hybridized carbons (Fsp3) is 0.769. The van der Waals surface area contributed by atoms with Crippen LogP contribution in [0.4, 0.5) is 0 Å². The molecular formula is C13H23N3S. The van der Waals surface area contributed by atoms with E-state index in [4.69, 9.17) is 5.84 Å². The number of hydrogen-bond acceptors (Lipinski definition) is 4. The van der Waals surface area contributed by atoms with Crippen molar-refractivity contribution in [2.75, 3.05) is 0 Å². The molecule has 0 saturated heterocycles. The van der Waals surface area contributed by atoms with Gasteiger partial charge < -0.3 is 0 Å². The first-order chi connectivity index (χ1) is 8.24. The van der Waals surface area contributed by atoms with Crippen molar-refractivity contribution in [3.8, 4) is 0 Å². The number of nitrogens with two attached hydrogens (primary N) is 1. The maximum Gasteiger partial charge on any atom is 0.0897 e. The summed E-state index contributed by atoms with van der Waals surface area (Å²) in [6.45, 7) is 4.35. The van der Waals surface area contributed by atoms with Gasteiger partial charge in [-0.25, -0.2) is 4.98 Å². The first kappa shape index (κ1) is 13.0. The van der Waals surface area contributed by atoms with Crippen LogP contribution in [0.3, 0.4) is 0 Å². The molecular weight excluding hydrogens is 230 g/mol. The number of hydrazine groups is 1. The molecule has 1 heterocycles. The molecule has 0 aliphatic heterocycles. The zero-order valence-corrected chi connectivity index (χ0v) is 11.6. The molecule has 1 aromatic heterocycles. The summed E-state index contributed by atoms with van der Waals surface area (Å²) in [5.74, 6) is 7.36. The Bertz CT molecular complexity index is 342. The van der Waals surface area contributed by atoms with Crippen molar-refractivity contribution >= 4 is 11.3 Å². The number of hydrogen-bond donors (Lipinski definition) is 2. The Morgan fingerprint density at radius 3 is 2.65 bits per heavy atom. The third-order valence-corrected chi connectivity index (χ3v) is 5.06. The van der Waals surface area contributed by atoms with Crippen LogP contribution >= 0.6 is 11.3 Å². The molecule has 96 valence electrons. The summed E-state index contributed by atoms with van der Waals surface area (Å²) in [6, 6.07) is 0.305. The van der Waals surface area contributed by atoms with Gasteiger partial charge in [0.05, 0.1) is 11.0 Å². The molecule has 4 heteroatoms. The van der Waals surface area contributed by atoms with Crippen LogP contribution in [0.5, 0.6) is 0 Å². The molecule has 1 aliphatic rings. The molecule has 0 radical (unpaired) electrons. The van der Waals surface area contributed by atoms with Gasteiger partial charge in [-0.2, -0.15) is 0 Å². The summed E-state index contributed by atoms with van der Waals surface area (Å²) in [7, 11) is 0. The average molecular weight is 253 g/mol. The summed E-state index contributed by atoms with van der Waals surface area (Å²) in [6.07, 6.45) is 8.62. The van der Waals surface area contributed by atoms with E-state index in [0.29, 0.717) is 12.0 Å². The molecule has 0 aromatic carbocycles. The van der Waals surface area contributed by atoms with Crippen LogP contribution in [0.15, 0.2) is 6.20 Å². The van der Waals surface area contributed by atoms with Crippen molar-refractivity contribution in [1.29, 1.82) is 0 Å². The predicted octanol–water partition coefficient (Wildman–Crippen LogP) is 3.17. The van der Waals surface area contributed by atoms with E-state index in [-0.39, 0.29) is 0 Å². The van der Waals surface area contributed by atoms with Gasteiger partial charge in [0.2, 0.25) is 0 Å². The monoisotopic (exact) mass is 253 g/mol. The first-order valence-corrected chi connectivity index (χ1v) is 7.44. The zero-order valence-electron chi connectivity index (χ0n) is 10.8. The minimum Gasteiger partial charge on any atom is -0.271 e. The number of thiazole rings is 1. The van der Waals surface area contributed by atoms with Gasteiger partial charge in [0.1, 0.15) is 0 Å². The van der Waals surface area contributed by atoms with E-state index in [1.807, 2.05) is 6.20 Å². The fourth-order valence-corrected chi connectivity index (χ4v) is 3.84. The van der Waals surface area contributed by atoms with Crippen LogP contribution in [0.2, 0.25) is 0 Å². The van der Waals surface area contributed by atoms with E-state index in [0.717, 1.165) is 10.9 Å². The topological polar surface area (TPSA) is 50.9 Å². The van der Waals surface area contributed by atoms with Crippen molar-refractivity contribution in [1.82, 2.24) is 10.4 Å². The quantitative estimate of drug-likeness (QED) is 0.640. The molecule has 0 bridgehead atoms. The van der Waals surface area contributed by atoms with E-state index < -0.39 is 0 Å². The summed E-state index contributed by atoms with van der Waals surface area (Å²) < 4.78 is 0. The molecule has 1 saturated carbocycles. The zero-order chi connectivity index (χ0) is 12.3. The lowest BCUT2D eigenvalue weighted by atomic mass is 9.77. The number of aryl methyl sites for hydroxylation is 1. The van der Waals surface area contributed by atoms with Crippen LogP contribution in [0.25, 0.3) is 0 Å². The van der Waals surface area contributed by atoms with Gasteiger partial charge in [-0.15, -0.1) is 11.3 Å². The van der Waals surface area contributed by atoms with Crippen molar-refractivity contribution in [2.24, 2.45) is 17.7 Å². The van der Waals surface area contributed by atoms with Gasteiger partial charge in [0, 0.05) is 11.1 Å². The molecule has 2 rings (SSSR count). The molecule has 3 nitrogen and oxygen atoms in total. The van der Waals surface area contributed by atoms with Gasteiger partial charge in [-0.3, -0.25) is 11.3 Å². The number of nitrogens with one attached hydrogen (secondary N) is 1. The molecule has 1 atom stereocenters. The Labute approximate surface area is 108 Å². The lowest BCUT2D eigenvalue weighted by Crippen LogP contribution is -2.34. The Hall–Kier alpha value is -0.450. The molecule has 0 spiro atoms. The number of nitrogens with zero attached hydrogens (tertiary/aromatic N) is 1. The maximum atomic E-state index is 5.74. The van der Waals surface area contributed by atoms with Crippen LogP contribution in [0.1, 0.15) is 55.0 Å². The maximum absolute atomic E-state index is 5.74. The molecule has 1 aromatic rings. The van der Waals surface area contributed by atoms with E-state index in [9.17, 15) is 0 Å². The van der Waals surface area contributed by atoms with Gasteiger partial charge in [-0.05, 0) is 31.6 Å². The Morgan fingerprint density at radius 2 is 2.18 bits per heavy atom. The highest BCUT2D eigenvalue weighted by Crippen LogP contribution is 2.38. The van der Waals surface area contributed by atoms with Crippen LogP contribution in [-0.4, -0.2) is 4.98 Å². The third-order valence-electron chi connectivity index (χ3n) is 4.07. The molecule has 17 heavy (non-hydrogen) atoms. The summed E-state index contributed by atoms with van der Waals surface area (Å²) in [5, 5.41) is 1.13. The van der Waals surface area contributed by atoms with Gasteiger partial charge in [0.25, 0.3) is 0 Å². The van der Waals surface area contributed by atoms with Crippen LogP contribution in [-0.2, 0) is 0 Å². The van der Waals surface area contributed by atoms with E-state index in [1.165, 1.54) is 37.0 Å². The smallest absolute Gasteiger partial charge is 0.0897 e. The minimum atomic E-state index is 0.305. The minimum absolute atomic E-state index is 0.305. The lowest BCUT2D eigenvalue weighted by molar-refractivity contribution is 0.221. The SMILES string of the molecule is CCC1CCC(C(NN)c2cnc(C)s2)CC1. The fourth-order valence-electron chi connectivity index (χ4n) is 2.90. The Morgan fingerprint density at radius 1 is 1.47 bits per heavy atom. The van der Waals surface area contributed by atoms with Crippen molar-refractivity contribution in [3.05, 3.63) is 16.1 Å². The van der Waals surface area contributed by atoms with Crippen molar-refractivity contribution < 1.29 is 0 Å². The highest BCUT2D eigenvalue weighted by atomic mass is 32.1. The number of rotatable bonds is 4. The lowest BCUT2D eigenvalue weighted by Gasteiger charge is -2.32. The highest BCUT2D eigenvalue weighted by Gasteiger charge is 2.28. The largest absolute Gasteiger partial charge is 0.271 e. The van der Waals surface area contributed by atoms with Gasteiger partial charge in [-0.1, -0.05) is 26.2 Å². The molecule has 3 N–H and O–H groups in total. The van der Waals surface area contributed by atoms with E-state index in [1.54, 1.807) is 11.3 Å². The standard InChI is InChI=1S/C13H23N3S/c1-3-10-4-6-11(7-5-10)13(16-14)12-8-15-9(2)17-12/h8,10-11,13,16H,3-7,14H2,1-2H3. The molecule has 1 aliphatic carbocycles. The summed E-state index contributed by atoms with van der Waals surface area (Å²) in [5.41, 5.74) is 3.00. The second kappa shape index (κ2) is 5.94. The number of aromatic nitrogens is 1. The van der Waals surface area contributed by atoms with E-state index >= 15 is 0 Å². The third kappa shape index (κ3) is 3.06. The molecule has 1 fully saturated rings. The Kier molecular flexibility index (Phi) is 4.54. The van der Waals surface area contributed by atoms with Crippen LogP contribution in [0, 0.1) is 18.8 Å².